The molecule has 0 saturated heterocycles. The number of hydrogen-bond acceptors (Lipinski definition) is 16. The second kappa shape index (κ2) is 34.5. The van der Waals surface area contributed by atoms with Crippen LogP contribution >= 0.6 is 0 Å². The van der Waals surface area contributed by atoms with Gasteiger partial charge in [0.25, 0.3) is 0 Å². The van der Waals surface area contributed by atoms with Crippen LogP contribution in [0, 0.1) is 11.8 Å². The third-order valence-electron chi connectivity index (χ3n) is 11.9. The fourth-order valence-electron chi connectivity index (χ4n) is 7.99. The number of nitrogens with zero attached hydrogens (tertiary/aromatic N) is 2. The maximum Gasteiger partial charge on any atom is 0.305 e. The van der Waals surface area contributed by atoms with E-state index in [2.05, 4.69) is 57.2 Å². The molecule has 0 bridgehead atoms. The number of carboxylic acid groups (broad SMARTS) is 2. The van der Waals surface area contributed by atoms with Gasteiger partial charge in [0.1, 0.15) is 48.3 Å². The molecule has 8 atom stereocenters. The Morgan fingerprint density at radius 3 is 1.34 bits per heavy atom. The highest BCUT2D eigenvalue weighted by atomic mass is 32.2. The van der Waals surface area contributed by atoms with Crippen LogP contribution in [-0.2, 0) is 62.8 Å². The van der Waals surface area contributed by atoms with Crippen molar-refractivity contribution in [3.8, 4) is 0 Å². The summed E-state index contributed by atoms with van der Waals surface area (Å²) in [7, 11) is -4.52. The first kappa shape index (κ1) is 70.4. The summed E-state index contributed by atoms with van der Waals surface area (Å²) in [4.78, 5) is 153. The summed E-state index contributed by atoms with van der Waals surface area (Å²) >= 11 is 0. The predicted octanol–water partition coefficient (Wildman–Crippen LogP) is -5.36. The van der Waals surface area contributed by atoms with Crippen molar-refractivity contribution < 1.29 is 76.5 Å². The molecule has 0 aliphatic heterocycles. The number of fused-ring (bicyclic) bond motifs is 1. The lowest BCUT2D eigenvalue weighted by atomic mass is 10.0. The van der Waals surface area contributed by atoms with Gasteiger partial charge in [0.15, 0.2) is 11.9 Å². The summed E-state index contributed by atoms with van der Waals surface area (Å²) in [5.74, 6) is -14.5. The number of carboxylic acids is 2. The van der Waals surface area contributed by atoms with E-state index in [1.165, 1.54) is 18.2 Å². The van der Waals surface area contributed by atoms with Crippen LogP contribution in [0.25, 0.3) is 10.8 Å². The minimum atomic E-state index is -4.52. The summed E-state index contributed by atoms with van der Waals surface area (Å²) < 4.78 is 29.9. The van der Waals surface area contributed by atoms with Crippen molar-refractivity contribution in [1.82, 2.24) is 47.3 Å². The minimum Gasteiger partial charge on any atom is -0.481 e. The van der Waals surface area contributed by atoms with E-state index in [-0.39, 0.29) is 79.7 Å². The Kier molecular flexibility index (Phi) is 29.3. The lowest BCUT2D eigenvalue weighted by Crippen LogP contribution is -2.62. The lowest BCUT2D eigenvalue weighted by molar-refractivity contribution is -0.142. The SMILES string of the molecule is CC(=O)N[C@@H](CCCN=C(N)N)C(=O)NC(CNS(=O)(=O)c1cccc2ccccc12)C(=O)N[C@@H](CC(=O)O)C(=O)N[C@@H](CC(C)C)C(=O)N[C@@H](CC(=O)O)C(=O)N[C@@H](CO)C(=O)N[C@@H](CC(C)C)C(=O)N[C@@H](CCCN=C(N)N)C(N)=O. The molecule has 2 aromatic rings. The Balaban J connectivity index is 2.47. The maximum atomic E-state index is 14.2. The fraction of sp³-hybridized carbons (Fsp3) is 0.540. The van der Waals surface area contributed by atoms with Crippen molar-refractivity contribution in [2.75, 3.05) is 26.2 Å². The molecule has 1 unspecified atom stereocenters. The average molecular weight is 1190 g/mol. The van der Waals surface area contributed by atoms with Gasteiger partial charge in [0.2, 0.25) is 63.2 Å². The van der Waals surface area contributed by atoms with E-state index in [1.54, 1.807) is 52.0 Å². The smallest absolute Gasteiger partial charge is 0.305 e. The number of nitrogens with one attached hydrogen (secondary N) is 9. The number of primary amides is 1. The number of sulfonamides is 1. The zero-order chi connectivity index (χ0) is 62.7. The molecule has 32 nitrogen and oxygen atoms in total. The second-order valence-corrected chi connectivity index (χ2v) is 21.7. The van der Waals surface area contributed by atoms with Gasteiger partial charge in [-0.3, -0.25) is 62.7 Å². The first-order chi connectivity index (χ1) is 38.8. The molecule has 0 aliphatic rings. The van der Waals surface area contributed by atoms with Crippen molar-refractivity contribution in [2.45, 2.75) is 139 Å². The van der Waals surface area contributed by atoms with Gasteiger partial charge in [0.05, 0.1) is 24.3 Å². The molecule has 460 valence electrons. The highest BCUT2D eigenvalue weighted by Crippen LogP contribution is 2.23. The van der Waals surface area contributed by atoms with E-state index in [9.17, 15) is 76.5 Å². The quantitative estimate of drug-likeness (QED) is 0.0171. The van der Waals surface area contributed by atoms with Crippen LogP contribution in [0.2, 0.25) is 0 Å². The number of carbonyl (C=O) groups excluding carboxylic acids is 9. The van der Waals surface area contributed by atoms with Crippen molar-refractivity contribution in [1.29, 1.82) is 0 Å². The van der Waals surface area contributed by atoms with Crippen LogP contribution in [0.3, 0.4) is 0 Å². The number of carbonyl (C=O) groups is 11. The van der Waals surface area contributed by atoms with Crippen molar-refractivity contribution >= 4 is 97.8 Å². The summed E-state index contributed by atoms with van der Waals surface area (Å²) in [6.45, 7) is 5.73. The molecule has 0 aromatic heterocycles. The average Bonchev–Trinajstić information content (AvgIpc) is 3.48. The highest BCUT2D eigenvalue weighted by Gasteiger charge is 2.37. The van der Waals surface area contributed by atoms with E-state index < -0.39 is 155 Å². The van der Waals surface area contributed by atoms with Crippen LogP contribution < -0.4 is 75.9 Å². The Hall–Kier alpha value is -8.72. The molecule has 33 heteroatoms. The number of aliphatic carboxylic acids is 2. The second-order valence-electron chi connectivity index (χ2n) is 19.9. The molecule has 0 aliphatic carbocycles. The summed E-state index contributed by atoms with van der Waals surface area (Å²) in [5, 5.41) is 49.1. The standard InChI is InChI=1S/C50H78N16O16S/c1-25(2)19-32(43(75)60-30(41(51)73)14-9-17-56-49(52)53)62-48(80)37(24-67)66-46(78)35(22-40(71)72)63-44(76)33(20-26(3)4)61-45(77)34(21-39(69)70)64-47(79)36(65-42(74)31(59-27(5)68)15-10-18-57-50(54)55)23-58-83(81,82)38-16-8-12-28-11-6-7-13-29(28)38/h6-8,11-13,16,25-26,30-37,58,67H,9-10,14-15,17-24H2,1-5H3,(H2,51,73)(H,59,68)(H,60,75)(H,61,77)(H,62,80)(H,63,76)(H,64,79)(H,65,74)(H,66,78)(H,69,70)(H,71,72)(H4,52,53,56)(H4,54,55,57)/t30-,31-,32-,33-,34-,35-,36?,37-/m0/s1. The van der Waals surface area contributed by atoms with Crippen LogP contribution in [0.5, 0.6) is 0 Å². The molecule has 83 heavy (non-hydrogen) atoms. The summed E-state index contributed by atoms with van der Waals surface area (Å²) in [5.41, 5.74) is 26.9. The number of guanidine groups is 2. The molecular formula is C50H78N16O16S. The first-order valence-electron chi connectivity index (χ1n) is 26.2. The Labute approximate surface area is 478 Å². The van der Waals surface area contributed by atoms with Gasteiger partial charge in [-0.2, -0.15) is 0 Å². The van der Waals surface area contributed by atoms with E-state index in [4.69, 9.17) is 28.7 Å². The van der Waals surface area contributed by atoms with Gasteiger partial charge in [-0.15, -0.1) is 0 Å². The molecule has 0 heterocycles. The van der Waals surface area contributed by atoms with E-state index >= 15 is 0 Å². The van der Waals surface area contributed by atoms with Crippen molar-refractivity contribution in [3.05, 3.63) is 42.5 Å². The normalized spacial score (nSPS) is 14.1. The number of hydrogen-bond donors (Lipinski definition) is 17. The largest absolute Gasteiger partial charge is 0.481 e. The van der Waals surface area contributed by atoms with Crippen molar-refractivity contribution in [3.63, 3.8) is 0 Å². The number of aliphatic hydroxyl groups excluding tert-OH is 1. The minimum absolute atomic E-state index is 0.00568. The zero-order valence-corrected chi connectivity index (χ0v) is 47.5. The molecule has 2 aromatic carbocycles. The van der Waals surface area contributed by atoms with Gasteiger partial charge >= 0.3 is 11.9 Å². The fourth-order valence-corrected chi connectivity index (χ4v) is 9.27. The highest BCUT2D eigenvalue weighted by molar-refractivity contribution is 7.89. The van der Waals surface area contributed by atoms with Gasteiger partial charge in [0, 0.05) is 31.9 Å². The molecule has 2 rings (SSSR count). The molecule has 0 spiro atoms. The topological polar surface area (TPSA) is 546 Å². The van der Waals surface area contributed by atoms with Crippen LogP contribution in [0.15, 0.2) is 57.3 Å². The number of aliphatic imine (C=N–C) groups is 2. The van der Waals surface area contributed by atoms with E-state index in [1.807, 2.05) is 0 Å². The summed E-state index contributed by atoms with van der Waals surface area (Å²) in [6.07, 6.45) is -2.41. The molecule has 0 saturated carbocycles. The first-order valence-corrected chi connectivity index (χ1v) is 27.6. The third-order valence-corrected chi connectivity index (χ3v) is 13.4. The Morgan fingerprint density at radius 2 is 0.892 bits per heavy atom. The molecule has 22 N–H and O–H groups in total. The van der Waals surface area contributed by atoms with Crippen LogP contribution in [0.4, 0.5) is 0 Å². The van der Waals surface area contributed by atoms with Gasteiger partial charge in [-0.25, -0.2) is 13.1 Å². The number of aliphatic hydroxyl groups is 1. The van der Waals surface area contributed by atoms with Gasteiger partial charge in [-0.1, -0.05) is 64.1 Å². The van der Waals surface area contributed by atoms with Gasteiger partial charge in [-0.05, 0) is 61.8 Å². The van der Waals surface area contributed by atoms with Crippen molar-refractivity contribution in [2.24, 2.45) is 50.5 Å². The maximum absolute atomic E-state index is 14.2. The lowest BCUT2D eigenvalue weighted by Gasteiger charge is -2.28. The number of nitrogens with two attached hydrogens (primary N) is 5. The van der Waals surface area contributed by atoms with E-state index in [0.717, 1.165) is 6.92 Å². The van der Waals surface area contributed by atoms with Gasteiger partial charge < -0.3 is 86.5 Å². The van der Waals surface area contributed by atoms with E-state index in [0.29, 0.717) is 5.39 Å². The monoisotopic (exact) mass is 1190 g/mol. The number of rotatable bonds is 37. The number of amides is 9. The molecule has 9 amide bonds. The zero-order valence-electron chi connectivity index (χ0n) is 46.6. The third kappa shape index (κ3) is 25.7. The molecule has 0 fully saturated rings. The van der Waals surface area contributed by atoms with Crippen LogP contribution in [-0.4, -0.2) is 175 Å². The predicted molar refractivity (Wildman–Crippen MR) is 300 cm³/mol. The van der Waals surface area contributed by atoms with Crippen LogP contribution in [0.1, 0.15) is 86.0 Å². The molecule has 0 radical (unpaired) electrons. The number of benzene rings is 2. The Bertz CT molecular complexity index is 2800. The summed E-state index contributed by atoms with van der Waals surface area (Å²) in [6, 6.07) is -2.84. The molecular weight excluding hydrogens is 1110 g/mol. The Morgan fingerprint density at radius 1 is 0.506 bits per heavy atom.